The summed E-state index contributed by atoms with van der Waals surface area (Å²) in [5.74, 6) is 0.266. The number of benzene rings is 1. The lowest BCUT2D eigenvalue weighted by Gasteiger charge is -2.35. The van der Waals surface area contributed by atoms with E-state index >= 15 is 0 Å². The molecule has 1 aromatic rings. The predicted octanol–water partition coefficient (Wildman–Crippen LogP) is 2.73. The number of hydrogen-bond donors (Lipinski definition) is 1. The molecule has 2 aliphatic heterocycles. The number of carbonyl (C=O) groups is 3. The van der Waals surface area contributed by atoms with E-state index in [-0.39, 0.29) is 18.4 Å². The van der Waals surface area contributed by atoms with Crippen LogP contribution in [0.5, 0.6) is 0 Å². The van der Waals surface area contributed by atoms with Crippen LogP contribution in [0.15, 0.2) is 36.4 Å². The van der Waals surface area contributed by atoms with E-state index in [1.807, 2.05) is 18.2 Å². The van der Waals surface area contributed by atoms with Crippen LogP contribution in [0.3, 0.4) is 0 Å². The monoisotopic (exact) mass is 438 g/mol. The molecule has 32 heavy (non-hydrogen) atoms. The summed E-state index contributed by atoms with van der Waals surface area (Å²) in [5, 5.41) is 2.92. The fourth-order valence-corrected chi connectivity index (χ4v) is 5.05. The maximum Gasteiger partial charge on any atom is 0.325 e. The third-order valence-corrected chi connectivity index (χ3v) is 7.27. The van der Waals surface area contributed by atoms with Crippen LogP contribution in [0.1, 0.15) is 44.6 Å². The van der Waals surface area contributed by atoms with Crippen LogP contribution < -0.4 is 5.32 Å². The van der Waals surface area contributed by atoms with Crippen LogP contribution >= 0.6 is 0 Å². The molecule has 1 spiro atoms. The quantitative estimate of drug-likeness (QED) is 0.693. The van der Waals surface area contributed by atoms with Gasteiger partial charge in [-0.25, -0.2) is 4.79 Å². The van der Waals surface area contributed by atoms with Crippen LogP contribution in [-0.2, 0) is 9.59 Å². The molecule has 0 bridgehead atoms. The molecular weight excluding hydrogens is 404 g/mol. The lowest BCUT2D eigenvalue weighted by Crippen LogP contribution is -2.52. The topological polar surface area (TPSA) is 73.0 Å². The summed E-state index contributed by atoms with van der Waals surface area (Å²) in [6.45, 7) is 5.65. The molecule has 1 aromatic carbocycles. The molecule has 1 N–H and O–H groups in total. The van der Waals surface area contributed by atoms with Gasteiger partial charge in [-0.2, -0.15) is 0 Å². The fourth-order valence-electron chi connectivity index (χ4n) is 5.05. The predicted molar refractivity (Wildman–Crippen MR) is 124 cm³/mol. The zero-order valence-corrected chi connectivity index (χ0v) is 19.0. The number of nitrogens with zero attached hydrogens (tertiary/aromatic N) is 3. The summed E-state index contributed by atoms with van der Waals surface area (Å²) < 4.78 is 0. The smallest absolute Gasteiger partial charge is 0.325 e. The lowest BCUT2D eigenvalue weighted by atomic mass is 9.75. The van der Waals surface area contributed by atoms with Crippen LogP contribution in [0.4, 0.5) is 4.79 Å². The number of rotatable bonds is 6. The Bertz CT molecular complexity index is 853. The Morgan fingerprint density at radius 1 is 1.09 bits per heavy atom. The number of nitrogens with one attached hydrogen (secondary N) is 1. The van der Waals surface area contributed by atoms with E-state index in [1.54, 1.807) is 4.90 Å². The van der Waals surface area contributed by atoms with Gasteiger partial charge in [-0.15, -0.1) is 0 Å². The first-order valence-corrected chi connectivity index (χ1v) is 11.9. The van der Waals surface area contributed by atoms with Gasteiger partial charge in [0, 0.05) is 32.7 Å². The molecule has 7 heteroatoms. The molecule has 4 amide bonds. The molecule has 1 aliphatic carbocycles. The molecule has 0 atom stereocenters. The van der Waals surface area contributed by atoms with Crippen LogP contribution in [-0.4, -0.2) is 77.4 Å². The zero-order chi connectivity index (χ0) is 22.6. The molecule has 172 valence electrons. The molecule has 2 heterocycles. The highest BCUT2D eigenvalue weighted by Gasteiger charge is 2.52. The number of amides is 4. The van der Waals surface area contributed by atoms with Crippen molar-refractivity contribution in [3.63, 3.8) is 0 Å². The Balaban J connectivity index is 1.25. The molecular formula is C25H34N4O3. The molecule has 2 saturated heterocycles. The Morgan fingerprint density at radius 2 is 1.78 bits per heavy atom. The minimum atomic E-state index is -0.785. The van der Waals surface area contributed by atoms with Gasteiger partial charge >= 0.3 is 6.03 Å². The summed E-state index contributed by atoms with van der Waals surface area (Å²) in [5.41, 5.74) is 0.392. The Kier molecular flexibility index (Phi) is 6.94. The van der Waals surface area contributed by atoms with Gasteiger partial charge in [-0.3, -0.25) is 19.4 Å². The first-order valence-electron chi connectivity index (χ1n) is 11.9. The van der Waals surface area contributed by atoms with Crippen molar-refractivity contribution < 1.29 is 14.4 Å². The SMILES string of the molecule is CCC1CCC2(CC1)NC(=O)N(CC(=O)N1CCN(CC=Cc3ccccc3)CC1)C2=O. The third kappa shape index (κ3) is 4.88. The first-order chi connectivity index (χ1) is 15.5. The molecule has 1 saturated carbocycles. The van der Waals surface area contributed by atoms with Gasteiger partial charge < -0.3 is 10.2 Å². The lowest BCUT2D eigenvalue weighted by molar-refractivity contribution is -0.140. The molecule has 3 aliphatic rings. The molecule has 0 aromatic heterocycles. The van der Waals surface area contributed by atoms with Gasteiger partial charge in [0.1, 0.15) is 12.1 Å². The summed E-state index contributed by atoms with van der Waals surface area (Å²) in [6.07, 6.45) is 8.61. The van der Waals surface area contributed by atoms with Crippen LogP contribution in [0.25, 0.3) is 6.08 Å². The number of imide groups is 1. The van der Waals surface area contributed by atoms with Crippen molar-refractivity contribution in [2.75, 3.05) is 39.3 Å². The highest BCUT2D eigenvalue weighted by molar-refractivity contribution is 6.09. The average Bonchev–Trinajstić information content (AvgIpc) is 3.04. The Morgan fingerprint density at radius 3 is 2.44 bits per heavy atom. The highest BCUT2D eigenvalue weighted by Crippen LogP contribution is 2.37. The van der Waals surface area contributed by atoms with E-state index in [0.717, 1.165) is 43.8 Å². The van der Waals surface area contributed by atoms with Crippen molar-refractivity contribution in [2.24, 2.45) is 5.92 Å². The summed E-state index contributed by atoms with van der Waals surface area (Å²) >= 11 is 0. The number of carbonyl (C=O) groups excluding carboxylic acids is 3. The Labute approximate surface area is 190 Å². The van der Waals surface area contributed by atoms with Gasteiger partial charge in [0.05, 0.1) is 0 Å². The fraction of sp³-hybridized carbons (Fsp3) is 0.560. The molecule has 0 radical (unpaired) electrons. The van der Waals surface area contributed by atoms with Gasteiger partial charge in [-0.1, -0.05) is 55.8 Å². The second-order valence-corrected chi connectivity index (χ2v) is 9.25. The summed E-state index contributed by atoms with van der Waals surface area (Å²) in [4.78, 5) is 43.6. The van der Waals surface area contributed by atoms with E-state index in [4.69, 9.17) is 0 Å². The van der Waals surface area contributed by atoms with Crippen molar-refractivity contribution in [1.82, 2.24) is 20.0 Å². The normalized spacial score (nSPS) is 26.8. The van der Waals surface area contributed by atoms with Crippen molar-refractivity contribution in [3.8, 4) is 0 Å². The van der Waals surface area contributed by atoms with Crippen molar-refractivity contribution in [1.29, 1.82) is 0 Å². The maximum atomic E-state index is 13.0. The van der Waals surface area contributed by atoms with E-state index in [9.17, 15) is 14.4 Å². The largest absolute Gasteiger partial charge is 0.339 e. The van der Waals surface area contributed by atoms with E-state index in [0.29, 0.717) is 31.8 Å². The first kappa shape index (κ1) is 22.5. The van der Waals surface area contributed by atoms with Gasteiger partial charge in [0.15, 0.2) is 0 Å². The number of piperazine rings is 1. The number of hydrogen-bond acceptors (Lipinski definition) is 4. The van der Waals surface area contributed by atoms with Gasteiger partial charge in [0.25, 0.3) is 5.91 Å². The summed E-state index contributed by atoms with van der Waals surface area (Å²) in [6, 6.07) is 9.78. The standard InChI is InChI=1S/C25H34N4O3/c1-2-20-10-12-25(13-11-20)23(31)29(24(32)26-25)19-22(30)28-17-15-27(16-18-28)14-6-9-21-7-4-3-5-8-21/h3-9,20H,2,10-19H2,1H3,(H,26,32). The van der Waals surface area contributed by atoms with Crippen molar-refractivity contribution >= 4 is 23.9 Å². The zero-order valence-electron chi connectivity index (χ0n) is 19.0. The van der Waals surface area contributed by atoms with Crippen LogP contribution in [0, 0.1) is 5.92 Å². The van der Waals surface area contributed by atoms with E-state index in [1.165, 1.54) is 5.56 Å². The maximum absolute atomic E-state index is 13.0. The minimum absolute atomic E-state index is 0.146. The van der Waals surface area contributed by atoms with Crippen LogP contribution in [0.2, 0.25) is 0 Å². The Hall–Kier alpha value is -2.67. The van der Waals surface area contributed by atoms with E-state index < -0.39 is 11.6 Å². The molecule has 7 nitrogen and oxygen atoms in total. The number of urea groups is 1. The molecule has 3 fully saturated rings. The molecule has 4 rings (SSSR count). The van der Waals surface area contributed by atoms with Crippen molar-refractivity contribution in [3.05, 3.63) is 42.0 Å². The average molecular weight is 439 g/mol. The molecule has 0 unspecified atom stereocenters. The van der Waals surface area contributed by atoms with E-state index in [2.05, 4.69) is 41.4 Å². The highest BCUT2D eigenvalue weighted by atomic mass is 16.2. The van der Waals surface area contributed by atoms with Crippen molar-refractivity contribution in [2.45, 2.75) is 44.6 Å². The van der Waals surface area contributed by atoms with Gasteiger partial charge in [-0.05, 0) is 37.2 Å². The minimum Gasteiger partial charge on any atom is -0.339 e. The second kappa shape index (κ2) is 9.86. The van der Waals surface area contributed by atoms with Gasteiger partial charge in [0.2, 0.25) is 5.91 Å². The third-order valence-electron chi connectivity index (χ3n) is 7.27. The second-order valence-electron chi connectivity index (χ2n) is 9.25. The summed E-state index contributed by atoms with van der Waals surface area (Å²) in [7, 11) is 0.